The van der Waals surface area contributed by atoms with Crippen LogP contribution in [0.25, 0.3) is 0 Å². The smallest absolute Gasteiger partial charge is 0.185 e. The Kier molecular flexibility index (Phi) is 3.47. The predicted molar refractivity (Wildman–Crippen MR) is 96.9 cm³/mol. The third-order valence-corrected chi connectivity index (χ3v) is 6.98. The van der Waals surface area contributed by atoms with Gasteiger partial charge in [0.15, 0.2) is 5.13 Å². The molecule has 5 nitrogen and oxygen atoms in total. The van der Waals surface area contributed by atoms with Crippen LogP contribution in [0.3, 0.4) is 0 Å². The highest BCUT2D eigenvalue weighted by Crippen LogP contribution is 2.39. The summed E-state index contributed by atoms with van der Waals surface area (Å²) in [5.41, 5.74) is 2.57. The van der Waals surface area contributed by atoms with Crippen molar-refractivity contribution in [1.82, 2.24) is 15.0 Å². The van der Waals surface area contributed by atoms with Crippen LogP contribution in [-0.2, 0) is 12.8 Å². The second-order valence-corrected chi connectivity index (χ2v) is 8.49. The highest BCUT2D eigenvalue weighted by atomic mass is 32.1. The average molecular weight is 341 g/mol. The molecule has 2 aliphatic heterocycles. The molecule has 2 aromatic rings. The van der Waals surface area contributed by atoms with Gasteiger partial charge in [0, 0.05) is 54.7 Å². The first-order chi connectivity index (χ1) is 11.8. The Morgan fingerprint density at radius 3 is 2.54 bits per heavy atom. The van der Waals surface area contributed by atoms with E-state index in [4.69, 9.17) is 4.98 Å². The minimum Gasteiger partial charge on any atom is -0.356 e. The summed E-state index contributed by atoms with van der Waals surface area (Å²) in [7, 11) is 0. The molecule has 0 bridgehead atoms. The molecule has 0 amide bonds. The van der Waals surface area contributed by atoms with Gasteiger partial charge in [-0.25, -0.2) is 15.0 Å². The second-order valence-electron chi connectivity index (χ2n) is 7.43. The van der Waals surface area contributed by atoms with Gasteiger partial charge in [-0.3, -0.25) is 0 Å². The van der Waals surface area contributed by atoms with Crippen LogP contribution in [-0.4, -0.2) is 41.1 Å². The van der Waals surface area contributed by atoms with Crippen molar-refractivity contribution in [3.8, 4) is 0 Å². The normalized spacial score (nSPS) is 25.9. The van der Waals surface area contributed by atoms with Crippen LogP contribution in [0.15, 0.2) is 12.5 Å². The van der Waals surface area contributed by atoms with E-state index in [1.807, 2.05) is 17.5 Å². The molecule has 0 N–H and O–H groups in total. The van der Waals surface area contributed by atoms with E-state index in [-0.39, 0.29) is 0 Å². The lowest BCUT2D eigenvalue weighted by molar-refractivity contribution is 0.533. The maximum Gasteiger partial charge on any atom is 0.185 e. The number of anilines is 2. The lowest BCUT2D eigenvalue weighted by atomic mass is 10.0. The van der Waals surface area contributed by atoms with E-state index in [1.165, 1.54) is 42.1 Å². The number of aromatic nitrogens is 3. The minimum atomic E-state index is 0.736. The number of nitrogens with zero attached hydrogens (tertiary/aromatic N) is 5. The first-order valence-corrected chi connectivity index (χ1v) is 9.84. The van der Waals surface area contributed by atoms with E-state index in [0.29, 0.717) is 0 Å². The Balaban J connectivity index is 1.30. The lowest BCUT2D eigenvalue weighted by Crippen LogP contribution is -2.29. The molecule has 0 spiro atoms. The molecule has 4 heterocycles. The molecule has 2 aromatic heterocycles. The second kappa shape index (κ2) is 5.69. The number of fused-ring (bicyclic) bond motifs is 2. The zero-order valence-electron chi connectivity index (χ0n) is 14.1. The molecule has 2 saturated heterocycles. The van der Waals surface area contributed by atoms with E-state index in [9.17, 15) is 0 Å². The van der Waals surface area contributed by atoms with Crippen LogP contribution in [0.2, 0.25) is 0 Å². The van der Waals surface area contributed by atoms with Crippen molar-refractivity contribution >= 4 is 22.3 Å². The van der Waals surface area contributed by atoms with Crippen molar-refractivity contribution < 1.29 is 0 Å². The maximum absolute atomic E-state index is 4.96. The Hall–Kier alpha value is -1.69. The first kappa shape index (κ1) is 14.6. The first-order valence-electron chi connectivity index (χ1n) is 9.03. The van der Waals surface area contributed by atoms with Gasteiger partial charge < -0.3 is 9.80 Å². The molecule has 3 aliphatic rings. The Bertz CT molecular complexity index is 720. The molecule has 1 aliphatic carbocycles. The van der Waals surface area contributed by atoms with Crippen molar-refractivity contribution in [3.63, 3.8) is 0 Å². The predicted octanol–water partition coefficient (Wildman–Crippen LogP) is 2.69. The Labute approximate surface area is 146 Å². The van der Waals surface area contributed by atoms with Gasteiger partial charge in [0.05, 0.1) is 5.69 Å². The molecule has 0 aromatic carbocycles. The van der Waals surface area contributed by atoms with Crippen LogP contribution in [0, 0.1) is 18.8 Å². The zero-order valence-corrected chi connectivity index (χ0v) is 14.9. The van der Waals surface area contributed by atoms with E-state index >= 15 is 0 Å². The molecule has 0 saturated carbocycles. The van der Waals surface area contributed by atoms with Gasteiger partial charge >= 0.3 is 0 Å². The van der Waals surface area contributed by atoms with E-state index in [2.05, 4.69) is 26.7 Å². The molecule has 2 unspecified atom stereocenters. The number of thiazole rings is 1. The SMILES string of the molecule is Cc1cncnc1N1CC2CN(c3nc4c(s3)CCCC4)CC2C1. The van der Waals surface area contributed by atoms with Crippen molar-refractivity contribution in [1.29, 1.82) is 0 Å². The summed E-state index contributed by atoms with van der Waals surface area (Å²) in [6, 6.07) is 0. The van der Waals surface area contributed by atoms with Crippen LogP contribution >= 0.6 is 11.3 Å². The summed E-state index contributed by atoms with van der Waals surface area (Å²) < 4.78 is 0. The number of hydrogen-bond donors (Lipinski definition) is 0. The minimum absolute atomic E-state index is 0.736. The van der Waals surface area contributed by atoms with Gasteiger partial charge in [0.25, 0.3) is 0 Å². The highest BCUT2D eigenvalue weighted by Gasteiger charge is 2.41. The number of rotatable bonds is 2. The van der Waals surface area contributed by atoms with Gasteiger partial charge in [0.1, 0.15) is 12.1 Å². The molecule has 24 heavy (non-hydrogen) atoms. The fraction of sp³-hybridized carbons (Fsp3) is 0.611. The zero-order chi connectivity index (χ0) is 16.1. The highest BCUT2D eigenvalue weighted by molar-refractivity contribution is 7.15. The summed E-state index contributed by atoms with van der Waals surface area (Å²) in [4.78, 5) is 20.1. The fourth-order valence-corrected chi connectivity index (χ4v) is 5.69. The van der Waals surface area contributed by atoms with Crippen molar-refractivity contribution in [2.45, 2.75) is 32.6 Å². The van der Waals surface area contributed by atoms with Gasteiger partial charge in [0.2, 0.25) is 0 Å². The monoisotopic (exact) mass is 341 g/mol. The average Bonchev–Trinajstić information content (AvgIpc) is 3.27. The van der Waals surface area contributed by atoms with Gasteiger partial charge in [-0.2, -0.15) is 0 Å². The van der Waals surface area contributed by atoms with Crippen LogP contribution in [0.5, 0.6) is 0 Å². The molecular formula is C18H23N5S. The fourth-order valence-electron chi connectivity index (χ4n) is 4.52. The third-order valence-electron chi connectivity index (χ3n) is 5.76. The Morgan fingerprint density at radius 1 is 1.04 bits per heavy atom. The van der Waals surface area contributed by atoms with Gasteiger partial charge in [-0.05, 0) is 32.6 Å². The summed E-state index contributed by atoms with van der Waals surface area (Å²) in [6.07, 6.45) is 8.68. The molecule has 2 atom stereocenters. The quantitative estimate of drug-likeness (QED) is 0.840. The van der Waals surface area contributed by atoms with Crippen molar-refractivity contribution in [3.05, 3.63) is 28.7 Å². The standard InChI is InChI=1S/C18H23N5S/c1-12-6-19-11-20-17(12)22-7-13-9-23(10-14(13)8-22)18-21-15-4-2-3-5-16(15)24-18/h6,11,13-14H,2-5,7-10H2,1H3. The molecule has 126 valence electrons. The van der Waals surface area contributed by atoms with E-state index < -0.39 is 0 Å². The van der Waals surface area contributed by atoms with Crippen molar-refractivity contribution in [2.75, 3.05) is 36.0 Å². The molecule has 2 fully saturated rings. The van der Waals surface area contributed by atoms with Crippen LogP contribution in [0.4, 0.5) is 10.9 Å². The number of hydrogen-bond acceptors (Lipinski definition) is 6. The van der Waals surface area contributed by atoms with E-state index in [1.54, 1.807) is 11.2 Å². The summed E-state index contributed by atoms with van der Waals surface area (Å²) >= 11 is 1.95. The van der Waals surface area contributed by atoms with Crippen LogP contribution in [0.1, 0.15) is 29.0 Å². The van der Waals surface area contributed by atoms with Crippen LogP contribution < -0.4 is 9.80 Å². The van der Waals surface area contributed by atoms with Gasteiger partial charge in [-0.1, -0.05) is 0 Å². The summed E-state index contributed by atoms with van der Waals surface area (Å²) in [5, 5.41) is 1.28. The molecule has 0 radical (unpaired) electrons. The van der Waals surface area contributed by atoms with Gasteiger partial charge in [-0.15, -0.1) is 11.3 Å². The third kappa shape index (κ3) is 2.39. The lowest BCUT2D eigenvalue weighted by Gasteiger charge is -2.23. The largest absolute Gasteiger partial charge is 0.356 e. The maximum atomic E-state index is 4.96. The summed E-state index contributed by atoms with van der Waals surface area (Å²) in [6.45, 7) is 6.64. The Morgan fingerprint density at radius 2 is 1.79 bits per heavy atom. The topological polar surface area (TPSA) is 45.2 Å². The molecule has 5 rings (SSSR count). The van der Waals surface area contributed by atoms with E-state index in [0.717, 1.165) is 43.8 Å². The molecular weight excluding hydrogens is 318 g/mol. The summed E-state index contributed by atoms with van der Waals surface area (Å²) in [5.74, 6) is 2.59. The number of aryl methyl sites for hydroxylation is 3. The van der Waals surface area contributed by atoms with Crippen molar-refractivity contribution in [2.24, 2.45) is 11.8 Å². The molecule has 6 heteroatoms.